The van der Waals surface area contributed by atoms with Gasteiger partial charge in [0.25, 0.3) is 0 Å². The maximum Gasteiger partial charge on any atom is 0.222 e. The first kappa shape index (κ1) is 20.7. The summed E-state index contributed by atoms with van der Waals surface area (Å²) in [7, 11) is 1.74. The summed E-state index contributed by atoms with van der Waals surface area (Å²) in [5.74, 6) is 1.25. The minimum atomic E-state index is 0.302. The highest BCUT2D eigenvalue weighted by Crippen LogP contribution is 2.29. The van der Waals surface area contributed by atoms with Crippen LogP contribution < -0.4 is 9.64 Å². The first-order chi connectivity index (χ1) is 14.7. The highest BCUT2D eigenvalue weighted by atomic mass is 16.5. The van der Waals surface area contributed by atoms with Gasteiger partial charge in [-0.2, -0.15) is 0 Å². The Morgan fingerprint density at radius 3 is 2.47 bits per heavy atom. The molecule has 2 aliphatic rings. The molecule has 0 aliphatic carbocycles. The van der Waals surface area contributed by atoms with Crippen LogP contribution in [0.1, 0.15) is 24.8 Å². The third-order valence-corrected chi connectivity index (χ3v) is 6.48. The number of anilines is 1. The van der Waals surface area contributed by atoms with Gasteiger partial charge in [-0.3, -0.25) is 9.69 Å². The lowest BCUT2D eigenvalue weighted by Gasteiger charge is -2.44. The summed E-state index contributed by atoms with van der Waals surface area (Å²) in [6.45, 7) is 5.86. The second kappa shape index (κ2) is 9.98. The average Bonchev–Trinajstić information content (AvgIpc) is 2.83. The van der Waals surface area contributed by atoms with E-state index >= 15 is 0 Å². The first-order valence-corrected chi connectivity index (χ1v) is 11.2. The Bertz CT molecular complexity index is 818. The Hall–Kier alpha value is -2.53. The van der Waals surface area contributed by atoms with Gasteiger partial charge in [-0.15, -0.1) is 0 Å². The van der Waals surface area contributed by atoms with E-state index in [1.54, 1.807) is 7.11 Å². The van der Waals surface area contributed by atoms with Crippen molar-refractivity contribution in [3.05, 3.63) is 60.2 Å². The molecular weight excluding hydrogens is 374 g/mol. The number of rotatable bonds is 6. The lowest BCUT2D eigenvalue weighted by atomic mass is 10.0. The van der Waals surface area contributed by atoms with Gasteiger partial charge in [0, 0.05) is 51.7 Å². The number of likely N-dealkylation sites (tertiary alicyclic amines) is 1. The fourth-order valence-electron chi connectivity index (χ4n) is 4.75. The summed E-state index contributed by atoms with van der Waals surface area (Å²) in [4.78, 5) is 19.9. The number of nitrogens with zero attached hydrogens (tertiary/aromatic N) is 3. The largest absolute Gasteiger partial charge is 0.495 e. The van der Waals surface area contributed by atoms with E-state index < -0.39 is 0 Å². The van der Waals surface area contributed by atoms with Gasteiger partial charge in [-0.05, 0) is 37.0 Å². The lowest BCUT2D eigenvalue weighted by Crippen LogP contribution is -2.56. The molecule has 0 N–H and O–H groups in total. The van der Waals surface area contributed by atoms with Gasteiger partial charge in [-0.25, -0.2) is 0 Å². The van der Waals surface area contributed by atoms with Crippen LogP contribution in [0.2, 0.25) is 0 Å². The van der Waals surface area contributed by atoms with Gasteiger partial charge < -0.3 is 14.5 Å². The number of amides is 1. The number of methoxy groups -OCH3 is 1. The van der Waals surface area contributed by atoms with Crippen molar-refractivity contribution in [3.63, 3.8) is 0 Å². The first-order valence-electron chi connectivity index (χ1n) is 11.2. The third kappa shape index (κ3) is 4.96. The van der Waals surface area contributed by atoms with Crippen LogP contribution in [-0.2, 0) is 11.2 Å². The van der Waals surface area contributed by atoms with Crippen molar-refractivity contribution in [1.29, 1.82) is 0 Å². The number of piperazine rings is 1. The minimum absolute atomic E-state index is 0.302. The molecule has 0 spiro atoms. The van der Waals surface area contributed by atoms with E-state index in [4.69, 9.17) is 4.74 Å². The van der Waals surface area contributed by atoms with Gasteiger partial charge in [0.2, 0.25) is 5.91 Å². The van der Waals surface area contributed by atoms with Gasteiger partial charge in [0.05, 0.1) is 12.8 Å². The number of para-hydroxylation sites is 2. The number of carbonyl (C=O) groups is 1. The fourth-order valence-corrected chi connectivity index (χ4v) is 4.75. The van der Waals surface area contributed by atoms with Crippen LogP contribution in [0, 0.1) is 0 Å². The highest BCUT2D eigenvalue weighted by Gasteiger charge is 2.30. The molecule has 1 atom stereocenters. The molecule has 5 heteroatoms. The van der Waals surface area contributed by atoms with Crippen molar-refractivity contribution in [2.75, 3.05) is 51.3 Å². The summed E-state index contributed by atoms with van der Waals surface area (Å²) in [6, 6.07) is 19.1. The molecule has 0 radical (unpaired) electrons. The summed E-state index contributed by atoms with van der Waals surface area (Å²) in [5, 5.41) is 0. The number of benzene rings is 2. The van der Waals surface area contributed by atoms with Crippen molar-refractivity contribution >= 4 is 11.6 Å². The molecule has 0 unspecified atom stereocenters. The zero-order valence-electron chi connectivity index (χ0n) is 18.0. The quantitative estimate of drug-likeness (QED) is 0.735. The van der Waals surface area contributed by atoms with E-state index in [0.29, 0.717) is 18.4 Å². The Morgan fingerprint density at radius 1 is 0.967 bits per heavy atom. The Kier molecular flexibility index (Phi) is 6.90. The zero-order valence-corrected chi connectivity index (χ0v) is 18.0. The van der Waals surface area contributed by atoms with Crippen LogP contribution in [-0.4, -0.2) is 68.1 Å². The molecule has 4 rings (SSSR count). The summed E-state index contributed by atoms with van der Waals surface area (Å²) in [6.07, 6.45) is 3.74. The number of hydrogen-bond donors (Lipinski definition) is 0. The second-order valence-corrected chi connectivity index (χ2v) is 8.32. The van der Waals surface area contributed by atoms with E-state index in [2.05, 4.69) is 39.0 Å². The molecule has 5 nitrogen and oxygen atoms in total. The van der Waals surface area contributed by atoms with Crippen molar-refractivity contribution in [2.45, 2.75) is 31.7 Å². The molecule has 2 aromatic rings. The van der Waals surface area contributed by atoms with Crippen molar-refractivity contribution in [2.24, 2.45) is 0 Å². The number of aryl methyl sites for hydroxylation is 1. The molecule has 160 valence electrons. The lowest BCUT2D eigenvalue weighted by molar-refractivity contribution is -0.133. The van der Waals surface area contributed by atoms with E-state index in [1.165, 1.54) is 17.7 Å². The SMILES string of the molecule is COc1ccccc1N1CCN([C@H]2CCCN(C(=O)CCc3ccccc3)C2)CC1. The molecular formula is C25H33N3O2. The van der Waals surface area contributed by atoms with Crippen LogP contribution in [0.5, 0.6) is 5.75 Å². The summed E-state index contributed by atoms with van der Waals surface area (Å²) < 4.78 is 5.54. The molecule has 0 saturated carbocycles. The molecule has 2 aliphatic heterocycles. The van der Waals surface area contributed by atoms with Crippen LogP contribution in [0.25, 0.3) is 0 Å². The van der Waals surface area contributed by atoms with Gasteiger partial charge in [-0.1, -0.05) is 42.5 Å². The van der Waals surface area contributed by atoms with Crippen molar-refractivity contribution in [3.8, 4) is 5.75 Å². The van der Waals surface area contributed by atoms with Gasteiger partial charge in [0.15, 0.2) is 0 Å². The minimum Gasteiger partial charge on any atom is -0.495 e. The Morgan fingerprint density at radius 2 is 1.70 bits per heavy atom. The second-order valence-electron chi connectivity index (χ2n) is 8.32. The number of ether oxygens (including phenoxy) is 1. The highest BCUT2D eigenvalue weighted by molar-refractivity contribution is 5.76. The number of carbonyl (C=O) groups excluding carboxylic acids is 1. The zero-order chi connectivity index (χ0) is 20.8. The van der Waals surface area contributed by atoms with Crippen LogP contribution in [0.15, 0.2) is 54.6 Å². The van der Waals surface area contributed by atoms with E-state index in [9.17, 15) is 4.79 Å². The molecule has 2 saturated heterocycles. The third-order valence-electron chi connectivity index (χ3n) is 6.48. The Labute approximate surface area is 180 Å². The van der Waals surface area contributed by atoms with Crippen molar-refractivity contribution in [1.82, 2.24) is 9.80 Å². The topological polar surface area (TPSA) is 36.0 Å². The molecule has 2 fully saturated rings. The number of hydrogen-bond acceptors (Lipinski definition) is 4. The molecule has 2 heterocycles. The standard InChI is InChI=1S/C25H33N3O2/c1-30-24-12-6-5-11-23(24)27-18-16-26(17-19-27)22-10-7-15-28(20-22)25(29)14-13-21-8-3-2-4-9-21/h2-6,8-9,11-12,22H,7,10,13-20H2,1H3/t22-/m0/s1. The van der Waals surface area contributed by atoms with E-state index in [1.807, 2.05) is 30.3 Å². The molecule has 30 heavy (non-hydrogen) atoms. The van der Waals surface area contributed by atoms with E-state index in [0.717, 1.165) is 57.9 Å². The normalized spacial score (nSPS) is 20.2. The molecule has 0 bridgehead atoms. The fraction of sp³-hybridized carbons (Fsp3) is 0.480. The predicted molar refractivity (Wildman–Crippen MR) is 121 cm³/mol. The molecule has 1 amide bonds. The van der Waals surface area contributed by atoms with E-state index in [-0.39, 0.29) is 0 Å². The maximum absolute atomic E-state index is 12.8. The number of piperidine rings is 1. The monoisotopic (exact) mass is 407 g/mol. The van der Waals surface area contributed by atoms with Gasteiger partial charge in [0.1, 0.15) is 5.75 Å². The van der Waals surface area contributed by atoms with Gasteiger partial charge >= 0.3 is 0 Å². The predicted octanol–water partition coefficient (Wildman–Crippen LogP) is 3.44. The average molecular weight is 408 g/mol. The Balaban J connectivity index is 1.28. The molecule has 2 aromatic carbocycles. The van der Waals surface area contributed by atoms with Crippen LogP contribution in [0.4, 0.5) is 5.69 Å². The summed E-state index contributed by atoms with van der Waals surface area (Å²) >= 11 is 0. The molecule has 0 aromatic heterocycles. The van der Waals surface area contributed by atoms with Crippen LogP contribution >= 0.6 is 0 Å². The van der Waals surface area contributed by atoms with Crippen LogP contribution in [0.3, 0.4) is 0 Å². The smallest absolute Gasteiger partial charge is 0.222 e. The summed E-state index contributed by atoms with van der Waals surface area (Å²) in [5.41, 5.74) is 2.42. The van der Waals surface area contributed by atoms with Crippen molar-refractivity contribution < 1.29 is 9.53 Å². The maximum atomic E-state index is 12.8.